The largest absolute Gasteiger partial charge is 0.508 e. The molecule has 0 radical (unpaired) electrons. The molecule has 0 spiro atoms. The summed E-state index contributed by atoms with van der Waals surface area (Å²) < 4.78 is 0. The van der Waals surface area contributed by atoms with Gasteiger partial charge in [-0.1, -0.05) is 18.2 Å². The van der Waals surface area contributed by atoms with E-state index in [1.165, 1.54) is 6.07 Å². The quantitative estimate of drug-likeness (QED) is 0.713. The van der Waals surface area contributed by atoms with Crippen LogP contribution in [0.15, 0.2) is 24.3 Å². The predicted octanol–water partition coefficient (Wildman–Crippen LogP) is 1.29. The van der Waals surface area contributed by atoms with E-state index in [4.69, 9.17) is 10.8 Å². The van der Waals surface area contributed by atoms with Crippen molar-refractivity contribution in [3.63, 3.8) is 0 Å². The number of nitrogens with two attached hydrogens (primary N) is 1. The summed E-state index contributed by atoms with van der Waals surface area (Å²) in [6, 6.07) is 5.81. The third kappa shape index (κ3) is 3.24. The van der Waals surface area contributed by atoms with Gasteiger partial charge in [-0.3, -0.25) is 4.79 Å². The Morgan fingerprint density at radius 2 is 2.00 bits per heavy atom. The minimum atomic E-state index is -0.976. The van der Waals surface area contributed by atoms with Crippen LogP contribution < -0.4 is 5.73 Å². The molecule has 1 aromatic rings. The maximum absolute atomic E-state index is 10.3. The molecule has 0 unspecified atom stereocenters. The first-order valence-corrected chi connectivity index (χ1v) is 3.86. The molecule has 0 bridgehead atoms. The Bertz CT molecular complexity index is 317. The number of rotatable bonds is 3. The van der Waals surface area contributed by atoms with Crippen molar-refractivity contribution in [1.82, 2.24) is 0 Å². The number of carboxylic acid groups (broad SMARTS) is 1. The summed E-state index contributed by atoms with van der Waals surface area (Å²) in [6.45, 7) is 0. The molecule has 0 heterocycles. The van der Waals surface area contributed by atoms with Gasteiger partial charge < -0.3 is 15.9 Å². The van der Waals surface area contributed by atoms with Crippen LogP contribution in [0.1, 0.15) is 18.0 Å². The van der Waals surface area contributed by atoms with Crippen LogP contribution in [-0.2, 0) is 4.79 Å². The molecule has 0 aromatic heterocycles. The fourth-order valence-corrected chi connectivity index (χ4v) is 1.10. The Morgan fingerprint density at radius 3 is 2.50 bits per heavy atom. The lowest BCUT2D eigenvalue weighted by Crippen LogP contribution is -2.14. The second-order valence-corrected chi connectivity index (χ2v) is 2.76. The number of para-hydroxylation sites is 1. The number of benzene rings is 1. The van der Waals surface area contributed by atoms with Crippen LogP contribution in [0.2, 0.25) is 0 Å². The molecular weight excluding hydrogens is 206 g/mol. The molecule has 0 aliphatic rings. The lowest BCUT2D eigenvalue weighted by Gasteiger charge is -2.10. The molecule has 0 saturated carbocycles. The number of halogens is 1. The van der Waals surface area contributed by atoms with Crippen molar-refractivity contribution >= 4 is 18.4 Å². The second-order valence-electron chi connectivity index (χ2n) is 2.76. The summed E-state index contributed by atoms with van der Waals surface area (Å²) in [5, 5.41) is 17.8. The van der Waals surface area contributed by atoms with Gasteiger partial charge in [-0.25, -0.2) is 0 Å². The fourth-order valence-electron chi connectivity index (χ4n) is 1.10. The third-order valence-electron chi connectivity index (χ3n) is 1.73. The van der Waals surface area contributed by atoms with E-state index >= 15 is 0 Å². The molecule has 0 fully saturated rings. The first-order valence-electron chi connectivity index (χ1n) is 3.86. The number of carboxylic acids is 1. The number of aromatic hydroxyl groups is 1. The van der Waals surface area contributed by atoms with Crippen molar-refractivity contribution in [3.8, 4) is 5.75 Å². The SMILES string of the molecule is Cl.N[C@H](CC(=O)O)c1ccccc1O. The summed E-state index contributed by atoms with van der Waals surface area (Å²) in [6.07, 6.45) is -0.183. The number of carbonyl (C=O) groups is 1. The van der Waals surface area contributed by atoms with E-state index in [0.717, 1.165) is 0 Å². The highest BCUT2D eigenvalue weighted by Gasteiger charge is 2.13. The van der Waals surface area contributed by atoms with Crippen LogP contribution in [0, 0.1) is 0 Å². The van der Waals surface area contributed by atoms with E-state index in [0.29, 0.717) is 5.56 Å². The van der Waals surface area contributed by atoms with Crippen LogP contribution in [0.3, 0.4) is 0 Å². The lowest BCUT2D eigenvalue weighted by molar-refractivity contribution is -0.137. The Kier molecular flexibility index (Phi) is 4.97. The lowest BCUT2D eigenvalue weighted by atomic mass is 10.0. The normalized spacial score (nSPS) is 11.5. The first kappa shape index (κ1) is 12.7. The van der Waals surface area contributed by atoms with Crippen LogP contribution in [0.5, 0.6) is 5.75 Å². The molecule has 14 heavy (non-hydrogen) atoms. The molecule has 1 atom stereocenters. The molecule has 1 aromatic carbocycles. The van der Waals surface area contributed by atoms with E-state index < -0.39 is 12.0 Å². The fraction of sp³-hybridized carbons (Fsp3) is 0.222. The van der Waals surface area contributed by atoms with Gasteiger partial charge in [0.25, 0.3) is 0 Å². The number of aliphatic carboxylic acids is 1. The zero-order valence-electron chi connectivity index (χ0n) is 7.38. The van der Waals surface area contributed by atoms with E-state index in [1.54, 1.807) is 18.2 Å². The highest BCUT2D eigenvalue weighted by atomic mass is 35.5. The summed E-state index contributed by atoms with van der Waals surface area (Å²) in [5.41, 5.74) is 6.02. The Morgan fingerprint density at radius 1 is 1.43 bits per heavy atom. The summed E-state index contributed by atoms with van der Waals surface area (Å²) >= 11 is 0. The van der Waals surface area contributed by atoms with Crippen LogP contribution in [0.25, 0.3) is 0 Å². The molecular formula is C9H12ClNO3. The monoisotopic (exact) mass is 217 g/mol. The molecule has 0 amide bonds. The van der Waals surface area contributed by atoms with Gasteiger partial charge in [0, 0.05) is 11.6 Å². The molecule has 4 N–H and O–H groups in total. The maximum atomic E-state index is 10.3. The van der Waals surface area contributed by atoms with Gasteiger partial charge in [-0.2, -0.15) is 0 Å². The Hall–Kier alpha value is -1.26. The highest BCUT2D eigenvalue weighted by molar-refractivity contribution is 5.85. The van der Waals surface area contributed by atoms with E-state index in [1.807, 2.05) is 0 Å². The molecule has 4 nitrogen and oxygen atoms in total. The van der Waals surface area contributed by atoms with Crippen molar-refractivity contribution in [3.05, 3.63) is 29.8 Å². The topological polar surface area (TPSA) is 83.6 Å². The second kappa shape index (κ2) is 5.47. The molecule has 0 saturated heterocycles. The van der Waals surface area contributed by atoms with E-state index in [-0.39, 0.29) is 24.6 Å². The summed E-state index contributed by atoms with van der Waals surface area (Å²) in [4.78, 5) is 10.3. The number of hydrogen-bond donors (Lipinski definition) is 3. The molecule has 1 rings (SSSR count). The van der Waals surface area contributed by atoms with Crippen LogP contribution >= 0.6 is 12.4 Å². The summed E-state index contributed by atoms with van der Waals surface area (Å²) in [5.74, 6) is -0.938. The van der Waals surface area contributed by atoms with Gasteiger partial charge in [0.15, 0.2) is 0 Å². The van der Waals surface area contributed by atoms with E-state index in [9.17, 15) is 9.90 Å². The van der Waals surface area contributed by atoms with Gasteiger partial charge in [0.05, 0.1) is 6.42 Å². The van der Waals surface area contributed by atoms with Crippen molar-refractivity contribution in [2.45, 2.75) is 12.5 Å². The standard InChI is InChI=1S/C9H11NO3.ClH/c10-7(5-9(12)13)6-3-1-2-4-8(6)11;/h1-4,7,11H,5,10H2,(H,12,13);1H/t7-;/m1./s1. The predicted molar refractivity (Wildman–Crippen MR) is 54.5 cm³/mol. The maximum Gasteiger partial charge on any atom is 0.305 e. The van der Waals surface area contributed by atoms with Gasteiger partial charge in [-0.15, -0.1) is 12.4 Å². The van der Waals surface area contributed by atoms with Crippen molar-refractivity contribution in [2.75, 3.05) is 0 Å². The molecule has 0 aliphatic carbocycles. The van der Waals surface area contributed by atoms with Gasteiger partial charge >= 0.3 is 5.97 Å². The summed E-state index contributed by atoms with van der Waals surface area (Å²) in [7, 11) is 0. The number of phenols is 1. The average Bonchev–Trinajstić information content (AvgIpc) is 2.03. The van der Waals surface area contributed by atoms with Crippen molar-refractivity contribution in [2.24, 2.45) is 5.73 Å². The minimum absolute atomic E-state index is 0. The molecule has 78 valence electrons. The van der Waals surface area contributed by atoms with Crippen LogP contribution in [-0.4, -0.2) is 16.2 Å². The third-order valence-corrected chi connectivity index (χ3v) is 1.73. The Labute approximate surface area is 87.8 Å². The highest BCUT2D eigenvalue weighted by Crippen LogP contribution is 2.23. The van der Waals surface area contributed by atoms with Crippen molar-refractivity contribution < 1.29 is 15.0 Å². The molecule has 0 aliphatic heterocycles. The van der Waals surface area contributed by atoms with E-state index in [2.05, 4.69) is 0 Å². The number of phenolic OH excluding ortho intramolecular Hbond substituents is 1. The zero-order valence-corrected chi connectivity index (χ0v) is 8.20. The first-order chi connectivity index (χ1) is 6.11. The Balaban J connectivity index is 0.00000169. The van der Waals surface area contributed by atoms with Gasteiger partial charge in [0.1, 0.15) is 5.75 Å². The smallest absolute Gasteiger partial charge is 0.305 e. The van der Waals surface area contributed by atoms with Crippen LogP contribution in [0.4, 0.5) is 0 Å². The molecule has 5 heteroatoms. The average molecular weight is 218 g/mol. The zero-order chi connectivity index (χ0) is 9.84. The minimum Gasteiger partial charge on any atom is -0.508 e. The van der Waals surface area contributed by atoms with Gasteiger partial charge in [-0.05, 0) is 6.07 Å². The van der Waals surface area contributed by atoms with Gasteiger partial charge in [0.2, 0.25) is 0 Å². The number of hydrogen-bond acceptors (Lipinski definition) is 3. The van der Waals surface area contributed by atoms with Crippen molar-refractivity contribution in [1.29, 1.82) is 0 Å².